The molecular formula is C21H31N3O5. The lowest BCUT2D eigenvalue weighted by Crippen LogP contribution is -2.53. The van der Waals surface area contributed by atoms with Crippen LogP contribution >= 0.6 is 0 Å². The summed E-state index contributed by atoms with van der Waals surface area (Å²) in [6.07, 6.45) is -0.622. The van der Waals surface area contributed by atoms with Gasteiger partial charge in [-0.3, -0.25) is 9.59 Å². The van der Waals surface area contributed by atoms with Crippen LogP contribution in [0.3, 0.4) is 0 Å². The van der Waals surface area contributed by atoms with Gasteiger partial charge in [-0.1, -0.05) is 6.07 Å². The molecule has 160 valence electrons. The highest BCUT2D eigenvalue weighted by Crippen LogP contribution is 2.16. The van der Waals surface area contributed by atoms with Crippen LogP contribution in [0.15, 0.2) is 18.2 Å². The number of hydrogen-bond acceptors (Lipinski definition) is 5. The molecule has 0 aromatic heterocycles. The van der Waals surface area contributed by atoms with Crippen LogP contribution in [-0.2, 0) is 14.3 Å². The van der Waals surface area contributed by atoms with Crippen LogP contribution < -0.4 is 10.1 Å². The average Bonchev–Trinajstić information content (AvgIpc) is 2.65. The Bertz CT molecular complexity index is 749. The molecule has 3 amide bonds. The quantitative estimate of drug-likeness (QED) is 0.808. The van der Waals surface area contributed by atoms with Gasteiger partial charge in [-0.25, -0.2) is 4.79 Å². The molecule has 0 saturated carbocycles. The number of carbonyl (C=O) groups is 3. The fourth-order valence-corrected chi connectivity index (χ4v) is 2.82. The van der Waals surface area contributed by atoms with Gasteiger partial charge in [0.25, 0.3) is 5.91 Å². The van der Waals surface area contributed by atoms with Crippen LogP contribution in [0.2, 0.25) is 0 Å². The number of amides is 3. The number of benzene rings is 1. The second kappa shape index (κ2) is 9.62. The Balaban J connectivity index is 1.72. The summed E-state index contributed by atoms with van der Waals surface area (Å²) in [4.78, 5) is 39.6. The predicted molar refractivity (Wildman–Crippen MR) is 109 cm³/mol. The number of aryl methyl sites for hydroxylation is 2. The predicted octanol–water partition coefficient (Wildman–Crippen LogP) is 1.88. The molecule has 0 bridgehead atoms. The number of rotatable bonds is 5. The molecule has 2 rings (SSSR count). The lowest BCUT2D eigenvalue weighted by molar-refractivity contribution is -0.140. The molecule has 29 heavy (non-hydrogen) atoms. The molecule has 1 aromatic rings. The standard InChI is InChI=1S/C21H31N3O5/c1-15-6-7-17(12-16(15)2)28-14-19(26)24-10-8-23(9-11-24)18(25)13-22-20(27)29-21(3,4)5/h6-7,12H,8-11,13-14H2,1-5H3,(H,22,27). The van der Waals surface area contributed by atoms with Gasteiger partial charge in [-0.2, -0.15) is 0 Å². The van der Waals surface area contributed by atoms with Gasteiger partial charge in [-0.15, -0.1) is 0 Å². The van der Waals surface area contributed by atoms with Gasteiger partial charge in [0.05, 0.1) is 0 Å². The van der Waals surface area contributed by atoms with E-state index in [1.165, 1.54) is 5.56 Å². The van der Waals surface area contributed by atoms with Crippen LogP contribution in [0.1, 0.15) is 31.9 Å². The van der Waals surface area contributed by atoms with Gasteiger partial charge in [0.1, 0.15) is 17.9 Å². The van der Waals surface area contributed by atoms with Crippen LogP contribution in [0.5, 0.6) is 5.75 Å². The summed E-state index contributed by atoms with van der Waals surface area (Å²) in [5, 5.41) is 2.46. The largest absolute Gasteiger partial charge is 0.484 e. The molecule has 0 radical (unpaired) electrons. The summed E-state index contributed by atoms with van der Waals surface area (Å²) in [5.41, 5.74) is 1.67. The second-order valence-electron chi connectivity index (χ2n) is 8.15. The van der Waals surface area contributed by atoms with Crippen molar-refractivity contribution in [2.24, 2.45) is 0 Å². The molecule has 1 fully saturated rings. The van der Waals surface area contributed by atoms with Gasteiger partial charge in [-0.05, 0) is 57.9 Å². The molecule has 1 aliphatic heterocycles. The number of carbonyl (C=O) groups excluding carboxylic acids is 3. The number of nitrogens with zero attached hydrogens (tertiary/aromatic N) is 2. The minimum atomic E-state index is -0.622. The number of piperazine rings is 1. The first-order valence-electron chi connectivity index (χ1n) is 9.77. The number of alkyl carbamates (subject to hydrolysis) is 1. The van der Waals surface area contributed by atoms with Crippen molar-refractivity contribution in [1.29, 1.82) is 0 Å². The fraction of sp³-hybridized carbons (Fsp3) is 0.571. The molecule has 1 saturated heterocycles. The SMILES string of the molecule is Cc1ccc(OCC(=O)N2CCN(C(=O)CNC(=O)OC(C)(C)C)CC2)cc1C. The third kappa shape index (κ3) is 7.29. The Morgan fingerprint density at radius 1 is 0.966 bits per heavy atom. The van der Waals surface area contributed by atoms with Crippen LogP contribution in [-0.4, -0.2) is 72.6 Å². The molecule has 0 spiro atoms. The summed E-state index contributed by atoms with van der Waals surface area (Å²) in [5.74, 6) is 0.361. The lowest BCUT2D eigenvalue weighted by atomic mass is 10.1. The summed E-state index contributed by atoms with van der Waals surface area (Å²) in [6, 6.07) is 5.73. The van der Waals surface area contributed by atoms with Crippen molar-refractivity contribution in [3.8, 4) is 5.75 Å². The maximum absolute atomic E-state index is 12.4. The zero-order valence-electron chi connectivity index (χ0n) is 17.9. The van der Waals surface area contributed by atoms with E-state index in [0.717, 1.165) is 5.56 Å². The van der Waals surface area contributed by atoms with Crippen LogP contribution in [0.4, 0.5) is 4.79 Å². The first-order chi connectivity index (χ1) is 13.5. The average molecular weight is 405 g/mol. The van der Waals surface area contributed by atoms with Gasteiger partial charge in [0.2, 0.25) is 5.91 Å². The van der Waals surface area contributed by atoms with Crippen molar-refractivity contribution in [3.05, 3.63) is 29.3 Å². The Morgan fingerprint density at radius 2 is 1.55 bits per heavy atom. The normalized spacial score (nSPS) is 14.4. The van der Waals surface area contributed by atoms with E-state index in [0.29, 0.717) is 31.9 Å². The summed E-state index contributed by atoms with van der Waals surface area (Å²) < 4.78 is 10.7. The molecule has 8 nitrogen and oxygen atoms in total. The Kier molecular flexibility index (Phi) is 7.47. The van der Waals surface area contributed by atoms with E-state index in [1.807, 2.05) is 32.0 Å². The number of ether oxygens (including phenoxy) is 2. The van der Waals surface area contributed by atoms with E-state index in [9.17, 15) is 14.4 Å². The lowest BCUT2D eigenvalue weighted by Gasteiger charge is -2.34. The van der Waals surface area contributed by atoms with Crippen molar-refractivity contribution in [2.45, 2.75) is 40.2 Å². The number of nitrogens with one attached hydrogen (secondary N) is 1. The van der Waals surface area contributed by atoms with E-state index in [4.69, 9.17) is 9.47 Å². The van der Waals surface area contributed by atoms with Crippen molar-refractivity contribution in [3.63, 3.8) is 0 Å². The van der Waals surface area contributed by atoms with Gasteiger partial charge in [0.15, 0.2) is 6.61 Å². The Morgan fingerprint density at radius 3 is 2.10 bits per heavy atom. The topological polar surface area (TPSA) is 88.2 Å². The highest BCUT2D eigenvalue weighted by atomic mass is 16.6. The van der Waals surface area contributed by atoms with Crippen molar-refractivity contribution >= 4 is 17.9 Å². The molecular weight excluding hydrogens is 374 g/mol. The van der Waals surface area contributed by atoms with Crippen molar-refractivity contribution in [1.82, 2.24) is 15.1 Å². The van der Waals surface area contributed by atoms with E-state index in [1.54, 1.807) is 30.6 Å². The molecule has 0 aliphatic carbocycles. The zero-order valence-corrected chi connectivity index (χ0v) is 17.9. The monoisotopic (exact) mass is 405 g/mol. The highest BCUT2D eigenvalue weighted by Gasteiger charge is 2.25. The highest BCUT2D eigenvalue weighted by molar-refractivity contribution is 5.83. The smallest absolute Gasteiger partial charge is 0.408 e. The van der Waals surface area contributed by atoms with Crippen molar-refractivity contribution < 1.29 is 23.9 Å². The maximum atomic E-state index is 12.4. The summed E-state index contributed by atoms with van der Waals surface area (Å²) in [7, 11) is 0. The minimum absolute atomic E-state index is 0.0311. The Labute approximate surface area is 172 Å². The maximum Gasteiger partial charge on any atom is 0.408 e. The molecule has 1 N–H and O–H groups in total. The van der Waals surface area contributed by atoms with Crippen molar-refractivity contribution in [2.75, 3.05) is 39.3 Å². The number of hydrogen-bond donors (Lipinski definition) is 1. The molecule has 8 heteroatoms. The third-order valence-electron chi connectivity index (χ3n) is 4.61. The molecule has 1 aromatic carbocycles. The minimum Gasteiger partial charge on any atom is -0.484 e. The van der Waals surface area contributed by atoms with Crippen LogP contribution in [0.25, 0.3) is 0 Å². The van der Waals surface area contributed by atoms with E-state index in [-0.39, 0.29) is 25.0 Å². The summed E-state index contributed by atoms with van der Waals surface area (Å²) >= 11 is 0. The van der Waals surface area contributed by atoms with Gasteiger partial charge < -0.3 is 24.6 Å². The molecule has 1 heterocycles. The molecule has 1 aliphatic rings. The molecule has 0 unspecified atom stereocenters. The van der Waals surface area contributed by atoms with Gasteiger partial charge in [0, 0.05) is 26.2 Å². The van der Waals surface area contributed by atoms with Crippen LogP contribution in [0, 0.1) is 13.8 Å². The summed E-state index contributed by atoms with van der Waals surface area (Å²) in [6.45, 7) is 10.9. The second-order valence-corrected chi connectivity index (χ2v) is 8.15. The van der Waals surface area contributed by atoms with Gasteiger partial charge >= 0.3 is 6.09 Å². The van der Waals surface area contributed by atoms with E-state index < -0.39 is 11.7 Å². The first kappa shape index (κ1) is 22.5. The first-order valence-corrected chi connectivity index (χ1v) is 9.77. The third-order valence-corrected chi connectivity index (χ3v) is 4.61. The zero-order chi connectivity index (χ0) is 21.6. The molecule has 0 atom stereocenters. The van der Waals surface area contributed by atoms with E-state index in [2.05, 4.69) is 5.32 Å². The van der Waals surface area contributed by atoms with E-state index >= 15 is 0 Å². The Hall–Kier alpha value is -2.77. The fourth-order valence-electron chi connectivity index (χ4n) is 2.82.